The predicted molar refractivity (Wildman–Crippen MR) is 112 cm³/mol. The van der Waals surface area contributed by atoms with Crippen molar-refractivity contribution in [1.29, 1.82) is 0 Å². The number of aryl methyl sites for hydroxylation is 1. The molecule has 0 aromatic heterocycles. The summed E-state index contributed by atoms with van der Waals surface area (Å²) in [6.45, 7) is 7.50. The Morgan fingerprint density at radius 1 is 1.07 bits per heavy atom. The molecule has 1 aliphatic rings. The Hall–Kier alpha value is -2.34. The van der Waals surface area contributed by atoms with E-state index in [1.165, 1.54) is 0 Å². The molecule has 150 valence electrons. The quantitative estimate of drug-likeness (QED) is 0.789. The van der Waals surface area contributed by atoms with Crippen LogP contribution < -0.4 is 4.72 Å². The number of rotatable bonds is 6. The standard InChI is InChI=1S/C22H28N2O3S/c1-16(2)15-18-9-11-19(12-10-18)28(26,27)23-21-17(3)7-6-8-20(21)22(25)24-13-4-5-14-24/h6-12,16,23H,4-5,13-15H2,1-3H3. The van der Waals surface area contributed by atoms with Gasteiger partial charge in [-0.2, -0.15) is 0 Å². The van der Waals surface area contributed by atoms with Gasteiger partial charge in [-0.15, -0.1) is 0 Å². The van der Waals surface area contributed by atoms with Crippen molar-refractivity contribution < 1.29 is 13.2 Å². The van der Waals surface area contributed by atoms with E-state index in [9.17, 15) is 13.2 Å². The number of hydrogen-bond donors (Lipinski definition) is 1. The molecule has 0 saturated carbocycles. The average molecular weight is 401 g/mol. The van der Waals surface area contributed by atoms with Crippen molar-refractivity contribution in [2.24, 2.45) is 5.92 Å². The first-order valence-corrected chi connectivity index (χ1v) is 11.3. The number of carbonyl (C=O) groups is 1. The second-order valence-corrected chi connectivity index (χ2v) is 9.53. The van der Waals surface area contributed by atoms with E-state index in [-0.39, 0.29) is 10.8 Å². The lowest BCUT2D eigenvalue weighted by Gasteiger charge is -2.20. The number of carbonyl (C=O) groups excluding carboxylic acids is 1. The highest BCUT2D eigenvalue weighted by atomic mass is 32.2. The van der Waals surface area contributed by atoms with Crippen molar-refractivity contribution in [2.45, 2.75) is 44.9 Å². The number of nitrogens with one attached hydrogen (secondary N) is 1. The van der Waals surface area contributed by atoms with E-state index in [2.05, 4.69) is 18.6 Å². The Morgan fingerprint density at radius 3 is 2.32 bits per heavy atom. The minimum atomic E-state index is -3.78. The average Bonchev–Trinajstić information content (AvgIpc) is 3.17. The van der Waals surface area contributed by atoms with Crippen LogP contribution in [0.2, 0.25) is 0 Å². The highest BCUT2D eigenvalue weighted by Gasteiger charge is 2.25. The molecule has 2 aromatic rings. The number of benzene rings is 2. The summed E-state index contributed by atoms with van der Waals surface area (Å²) in [5, 5.41) is 0. The minimum absolute atomic E-state index is 0.119. The molecule has 1 fully saturated rings. The maximum atomic E-state index is 12.9. The minimum Gasteiger partial charge on any atom is -0.339 e. The summed E-state index contributed by atoms with van der Waals surface area (Å²) in [5.41, 5.74) is 2.60. The molecular weight excluding hydrogens is 372 g/mol. The molecule has 3 rings (SSSR count). The molecule has 0 spiro atoms. The molecule has 1 N–H and O–H groups in total. The number of anilines is 1. The molecule has 0 radical (unpaired) electrons. The van der Waals surface area contributed by atoms with Crippen molar-refractivity contribution in [2.75, 3.05) is 17.8 Å². The maximum absolute atomic E-state index is 12.9. The van der Waals surface area contributed by atoms with Gasteiger partial charge in [0.25, 0.3) is 15.9 Å². The van der Waals surface area contributed by atoms with E-state index in [4.69, 9.17) is 0 Å². The summed E-state index contributed by atoms with van der Waals surface area (Å²) in [6.07, 6.45) is 2.88. The number of nitrogens with zero attached hydrogens (tertiary/aromatic N) is 1. The lowest BCUT2D eigenvalue weighted by molar-refractivity contribution is 0.0794. The maximum Gasteiger partial charge on any atom is 0.261 e. The van der Waals surface area contributed by atoms with Gasteiger partial charge in [-0.25, -0.2) is 8.42 Å². The van der Waals surface area contributed by atoms with Crippen molar-refractivity contribution in [3.63, 3.8) is 0 Å². The number of likely N-dealkylation sites (tertiary alicyclic amines) is 1. The van der Waals surface area contributed by atoms with Crippen LogP contribution in [0.5, 0.6) is 0 Å². The Bertz CT molecular complexity index is 944. The van der Waals surface area contributed by atoms with Gasteiger partial charge in [0.05, 0.1) is 16.1 Å². The number of amides is 1. The van der Waals surface area contributed by atoms with Crippen LogP contribution >= 0.6 is 0 Å². The van der Waals surface area contributed by atoms with Crippen LogP contribution in [0.3, 0.4) is 0 Å². The second kappa shape index (κ2) is 8.35. The molecule has 1 heterocycles. The third-order valence-corrected chi connectivity index (χ3v) is 6.38. The Kier molecular flexibility index (Phi) is 6.08. The van der Waals surface area contributed by atoms with Crippen molar-refractivity contribution in [3.05, 3.63) is 59.2 Å². The normalized spacial score (nSPS) is 14.5. The van der Waals surface area contributed by atoms with Gasteiger partial charge in [0, 0.05) is 13.1 Å². The Morgan fingerprint density at radius 2 is 1.71 bits per heavy atom. The third kappa shape index (κ3) is 4.55. The molecule has 1 aliphatic heterocycles. The topological polar surface area (TPSA) is 66.5 Å². The largest absolute Gasteiger partial charge is 0.339 e. The SMILES string of the molecule is Cc1cccc(C(=O)N2CCCC2)c1NS(=O)(=O)c1ccc(CC(C)C)cc1. The van der Waals surface area contributed by atoms with Crippen LogP contribution in [0.4, 0.5) is 5.69 Å². The highest BCUT2D eigenvalue weighted by Crippen LogP contribution is 2.27. The summed E-state index contributed by atoms with van der Waals surface area (Å²) in [6, 6.07) is 12.2. The van der Waals surface area contributed by atoms with Crippen molar-refractivity contribution in [1.82, 2.24) is 4.90 Å². The van der Waals surface area contributed by atoms with Crippen LogP contribution in [-0.4, -0.2) is 32.3 Å². The van der Waals surface area contributed by atoms with Gasteiger partial charge in [-0.3, -0.25) is 9.52 Å². The number of sulfonamides is 1. The van der Waals surface area contributed by atoms with Gasteiger partial charge < -0.3 is 4.90 Å². The summed E-state index contributed by atoms with van der Waals surface area (Å²) < 4.78 is 28.6. The molecule has 6 heteroatoms. The molecule has 1 saturated heterocycles. The molecule has 1 amide bonds. The first kappa shape index (κ1) is 20.4. The summed E-state index contributed by atoms with van der Waals surface area (Å²) in [5.74, 6) is 0.387. The zero-order valence-corrected chi connectivity index (χ0v) is 17.6. The first-order chi connectivity index (χ1) is 13.3. The van der Waals surface area contributed by atoms with Crippen LogP contribution in [0, 0.1) is 12.8 Å². The van der Waals surface area contributed by atoms with Crippen LogP contribution in [0.25, 0.3) is 0 Å². The first-order valence-electron chi connectivity index (χ1n) is 9.78. The van der Waals surface area contributed by atoms with Gasteiger partial charge in [0.2, 0.25) is 0 Å². The van der Waals surface area contributed by atoms with Gasteiger partial charge in [0.15, 0.2) is 0 Å². The summed E-state index contributed by atoms with van der Waals surface area (Å²) >= 11 is 0. The number of para-hydroxylation sites is 1. The second-order valence-electron chi connectivity index (χ2n) is 7.84. The zero-order valence-electron chi connectivity index (χ0n) is 16.7. The molecule has 5 nitrogen and oxygen atoms in total. The molecule has 0 atom stereocenters. The predicted octanol–water partition coefficient (Wildman–Crippen LogP) is 4.23. The van der Waals surface area contributed by atoms with Gasteiger partial charge in [-0.05, 0) is 61.4 Å². The molecule has 28 heavy (non-hydrogen) atoms. The molecular formula is C22H28N2O3S. The van der Waals surface area contributed by atoms with Crippen LogP contribution in [0.1, 0.15) is 48.2 Å². The molecule has 0 bridgehead atoms. The van der Waals surface area contributed by atoms with E-state index in [1.807, 2.05) is 25.1 Å². The van der Waals surface area contributed by atoms with Gasteiger partial charge in [-0.1, -0.05) is 38.1 Å². The van der Waals surface area contributed by atoms with E-state index in [0.717, 1.165) is 43.5 Å². The van der Waals surface area contributed by atoms with E-state index in [1.54, 1.807) is 29.2 Å². The Labute approximate surface area is 167 Å². The van der Waals surface area contributed by atoms with Crippen molar-refractivity contribution >= 4 is 21.6 Å². The molecule has 0 unspecified atom stereocenters. The third-order valence-electron chi connectivity index (χ3n) is 5.01. The summed E-state index contributed by atoms with van der Waals surface area (Å²) in [7, 11) is -3.78. The lowest BCUT2D eigenvalue weighted by Crippen LogP contribution is -2.29. The fraction of sp³-hybridized carbons (Fsp3) is 0.409. The lowest BCUT2D eigenvalue weighted by atomic mass is 10.0. The molecule has 0 aliphatic carbocycles. The Balaban J connectivity index is 1.88. The summed E-state index contributed by atoms with van der Waals surface area (Å²) in [4.78, 5) is 14.9. The highest BCUT2D eigenvalue weighted by molar-refractivity contribution is 7.92. The van der Waals surface area contributed by atoms with Crippen LogP contribution in [0.15, 0.2) is 47.4 Å². The molecule has 2 aromatic carbocycles. The fourth-order valence-electron chi connectivity index (χ4n) is 3.54. The number of hydrogen-bond acceptors (Lipinski definition) is 3. The van der Waals surface area contributed by atoms with E-state index >= 15 is 0 Å². The van der Waals surface area contributed by atoms with E-state index < -0.39 is 10.0 Å². The van der Waals surface area contributed by atoms with Gasteiger partial charge in [0.1, 0.15) is 0 Å². The monoisotopic (exact) mass is 400 g/mol. The van der Waals surface area contributed by atoms with E-state index in [0.29, 0.717) is 17.2 Å². The zero-order chi connectivity index (χ0) is 20.3. The fourth-order valence-corrected chi connectivity index (χ4v) is 4.69. The van der Waals surface area contributed by atoms with Crippen molar-refractivity contribution in [3.8, 4) is 0 Å². The van der Waals surface area contributed by atoms with Crippen LogP contribution in [-0.2, 0) is 16.4 Å². The van der Waals surface area contributed by atoms with Gasteiger partial charge >= 0.3 is 0 Å². The smallest absolute Gasteiger partial charge is 0.261 e.